The zero-order chi connectivity index (χ0) is 16.1. The van der Waals surface area contributed by atoms with Crippen LogP contribution in [0.1, 0.15) is 6.42 Å². The minimum atomic E-state index is -0.0205. The third-order valence-corrected chi connectivity index (χ3v) is 5.95. The molecule has 2 nitrogen and oxygen atoms in total. The van der Waals surface area contributed by atoms with Gasteiger partial charge >= 0.3 is 0 Å². The smallest absolute Gasteiger partial charge is 0.240 e. The van der Waals surface area contributed by atoms with E-state index in [1.807, 2.05) is 43.1 Å². The number of thioether (sulfide) groups is 2. The van der Waals surface area contributed by atoms with Gasteiger partial charge in [-0.25, -0.2) is 0 Å². The number of hydrogen-bond donors (Lipinski definition) is 0. The minimum Gasteiger partial charge on any atom is -0.313 e. The summed E-state index contributed by atoms with van der Waals surface area (Å²) in [5.41, 5.74) is 1.02. The Morgan fingerprint density at radius 3 is 2.65 bits per heavy atom. The SMILES string of the molecule is CN1C(=O)C(C/C=C\CSc2ccccc2)Sc2ccccc21. The molecule has 1 heterocycles. The molecule has 1 aliphatic heterocycles. The summed E-state index contributed by atoms with van der Waals surface area (Å²) in [6, 6.07) is 18.5. The minimum absolute atomic E-state index is 0.0205. The van der Waals surface area contributed by atoms with Crippen molar-refractivity contribution in [3.8, 4) is 0 Å². The monoisotopic (exact) mass is 341 g/mol. The molecular formula is C19H19NOS2. The van der Waals surface area contributed by atoms with E-state index in [2.05, 4.69) is 42.5 Å². The second-order valence-electron chi connectivity index (χ2n) is 5.30. The number of para-hydroxylation sites is 1. The number of anilines is 1. The van der Waals surface area contributed by atoms with Crippen molar-refractivity contribution < 1.29 is 4.79 Å². The van der Waals surface area contributed by atoms with Crippen molar-refractivity contribution in [3.05, 3.63) is 66.7 Å². The van der Waals surface area contributed by atoms with Crippen LogP contribution < -0.4 is 4.90 Å². The Morgan fingerprint density at radius 1 is 1.09 bits per heavy atom. The first-order chi connectivity index (χ1) is 11.3. The van der Waals surface area contributed by atoms with Gasteiger partial charge in [0.15, 0.2) is 0 Å². The molecule has 0 bridgehead atoms. The molecule has 1 amide bonds. The highest BCUT2D eigenvalue weighted by Gasteiger charge is 2.29. The first kappa shape index (κ1) is 16.2. The average Bonchev–Trinajstić information content (AvgIpc) is 2.60. The predicted molar refractivity (Wildman–Crippen MR) is 100 cm³/mol. The molecule has 3 rings (SSSR count). The summed E-state index contributed by atoms with van der Waals surface area (Å²) in [5, 5.41) is -0.0205. The third-order valence-electron chi connectivity index (χ3n) is 3.71. The number of hydrogen-bond acceptors (Lipinski definition) is 3. The molecule has 0 spiro atoms. The topological polar surface area (TPSA) is 20.3 Å². The van der Waals surface area contributed by atoms with E-state index in [4.69, 9.17) is 0 Å². The second kappa shape index (κ2) is 7.75. The van der Waals surface area contributed by atoms with Crippen molar-refractivity contribution in [2.75, 3.05) is 17.7 Å². The average molecular weight is 342 g/mol. The van der Waals surface area contributed by atoms with Crippen LogP contribution in [0.15, 0.2) is 76.5 Å². The molecule has 0 saturated carbocycles. The lowest BCUT2D eigenvalue weighted by molar-refractivity contribution is -0.117. The number of nitrogens with zero attached hydrogens (tertiary/aromatic N) is 1. The third kappa shape index (κ3) is 4.01. The summed E-state index contributed by atoms with van der Waals surface area (Å²) in [6.45, 7) is 0. The standard InChI is InChI=1S/C19H19NOS2/c1-20-16-11-5-6-12-17(16)23-18(19(20)21)13-7-8-14-22-15-9-3-2-4-10-15/h2-12,18H,13-14H2,1H3/b8-7-. The van der Waals surface area contributed by atoms with Gasteiger partial charge in [0.2, 0.25) is 5.91 Å². The maximum Gasteiger partial charge on any atom is 0.240 e. The number of rotatable bonds is 5. The van der Waals surface area contributed by atoms with Crippen LogP contribution >= 0.6 is 23.5 Å². The van der Waals surface area contributed by atoms with Crippen molar-refractivity contribution in [2.45, 2.75) is 21.5 Å². The number of fused-ring (bicyclic) bond motifs is 1. The van der Waals surface area contributed by atoms with Gasteiger partial charge in [0.05, 0.1) is 10.9 Å². The summed E-state index contributed by atoms with van der Waals surface area (Å²) >= 11 is 3.48. The van der Waals surface area contributed by atoms with Gasteiger partial charge in [0, 0.05) is 22.6 Å². The molecule has 2 aromatic carbocycles. The quantitative estimate of drug-likeness (QED) is 0.572. The molecule has 1 unspecified atom stereocenters. The number of amides is 1. The lowest BCUT2D eigenvalue weighted by Gasteiger charge is -2.30. The van der Waals surface area contributed by atoms with Crippen LogP contribution in [0.25, 0.3) is 0 Å². The van der Waals surface area contributed by atoms with Crippen LogP contribution in [0.4, 0.5) is 5.69 Å². The zero-order valence-electron chi connectivity index (χ0n) is 13.0. The maximum absolute atomic E-state index is 12.4. The van der Waals surface area contributed by atoms with Crippen molar-refractivity contribution in [1.82, 2.24) is 0 Å². The van der Waals surface area contributed by atoms with Gasteiger partial charge in [0.1, 0.15) is 0 Å². The van der Waals surface area contributed by atoms with E-state index in [-0.39, 0.29) is 11.2 Å². The van der Waals surface area contributed by atoms with Gasteiger partial charge in [-0.2, -0.15) is 0 Å². The summed E-state index contributed by atoms with van der Waals surface area (Å²) in [6.07, 6.45) is 5.07. The van der Waals surface area contributed by atoms with Gasteiger partial charge in [-0.3, -0.25) is 4.79 Å². The number of benzene rings is 2. The lowest BCUT2D eigenvalue weighted by atomic mass is 10.2. The van der Waals surface area contributed by atoms with Gasteiger partial charge < -0.3 is 4.90 Å². The highest BCUT2D eigenvalue weighted by molar-refractivity contribution is 8.01. The van der Waals surface area contributed by atoms with Crippen LogP contribution in [0.3, 0.4) is 0 Å². The molecule has 2 aromatic rings. The normalized spacial score (nSPS) is 17.5. The highest BCUT2D eigenvalue weighted by atomic mass is 32.2. The van der Waals surface area contributed by atoms with Crippen molar-refractivity contribution >= 4 is 35.1 Å². The van der Waals surface area contributed by atoms with E-state index in [1.165, 1.54) is 9.79 Å². The van der Waals surface area contributed by atoms with E-state index >= 15 is 0 Å². The van der Waals surface area contributed by atoms with Gasteiger partial charge in [-0.15, -0.1) is 23.5 Å². The molecule has 4 heteroatoms. The van der Waals surface area contributed by atoms with Crippen molar-refractivity contribution in [1.29, 1.82) is 0 Å². The Balaban J connectivity index is 1.54. The fourth-order valence-corrected chi connectivity index (χ4v) is 4.50. The Labute approximate surface area is 146 Å². The van der Waals surface area contributed by atoms with Crippen LogP contribution in [-0.2, 0) is 4.79 Å². The molecule has 1 atom stereocenters. The largest absolute Gasteiger partial charge is 0.313 e. The molecular weight excluding hydrogens is 322 g/mol. The molecule has 0 fully saturated rings. The molecule has 0 aliphatic carbocycles. The molecule has 0 radical (unpaired) electrons. The summed E-state index contributed by atoms with van der Waals surface area (Å²) in [7, 11) is 1.86. The van der Waals surface area contributed by atoms with Crippen LogP contribution in [0.2, 0.25) is 0 Å². The van der Waals surface area contributed by atoms with Crippen LogP contribution in [0, 0.1) is 0 Å². The zero-order valence-corrected chi connectivity index (χ0v) is 14.6. The molecule has 118 valence electrons. The van der Waals surface area contributed by atoms with Gasteiger partial charge in [-0.05, 0) is 30.7 Å². The van der Waals surface area contributed by atoms with E-state index in [0.717, 1.165) is 17.9 Å². The summed E-state index contributed by atoms with van der Waals surface area (Å²) in [4.78, 5) is 16.7. The van der Waals surface area contributed by atoms with Crippen LogP contribution in [0.5, 0.6) is 0 Å². The second-order valence-corrected chi connectivity index (χ2v) is 7.64. The Morgan fingerprint density at radius 2 is 1.83 bits per heavy atom. The molecule has 1 aliphatic rings. The molecule has 23 heavy (non-hydrogen) atoms. The predicted octanol–water partition coefficient (Wildman–Crippen LogP) is 4.86. The number of carbonyl (C=O) groups is 1. The summed E-state index contributed by atoms with van der Waals surface area (Å²) < 4.78 is 0. The van der Waals surface area contributed by atoms with E-state index in [9.17, 15) is 4.79 Å². The molecule has 0 aromatic heterocycles. The Kier molecular flexibility index (Phi) is 5.47. The van der Waals surface area contributed by atoms with E-state index in [0.29, 0.717) is 0 Å². The Hall–Kier alpha value is -1.65. The maximum atomic E-state index is 12.4. The molecule has 0 saturated heterocycles. The Bertz CT molecular complexity index is 700. The number of carbonyl (C=O) groups excluding carboxylic acids is 1. The fourth-order valence-electron chi connectivity index (χ4n) is 2.47. The molecule has 0 N–H and O–H groups in total. The number of allylic oxidation sites excluding steroid dienone is 1. The lowest BCUT2D eigenvalue weighted by Crippen LogP contribution is -2.37. The summed E-state index contributed by atoms with van der Waals surface area (Å²) in [5.74, 6) is 1.12. The van der Waals surface area contributed by atoms with Crippen LogP contribution in [-0.4, -0.2) is 24.0 Å². The van der Waals surface area contributed by atoms with Crippen molar-refractivity contribution in [3.63, 3.8) is 0 Å². The van der Waals surface area contributed by atoms with E-state index < -0.39 is 0 Å². The first-order valence-electron chi connectivity index (χ1n) is 7.62. The highest BCUT2D eigenvalue weighted by Crippen LogP contribution is 2.39. The first-order valence-corrected chi connectivity index (χ1v) is 9.48. The van der Waals surface area contributed by atoms with Gasteiger partial charge in [0.25, 0.3) is 0 Å². The van der Waals surface area contributed by atoms with E-state index in [1.54, 1.807) is 16.7 Å². The van der Waals surface area contributed by atoms with Gasteiger partial charge in [-0.1, -0.05) is 42.5 Å². The fraction of sp³-hybridized carbons (Fsp3) is 0.211. The van der Waals surface area contributed by atoms with Crippen molar-refractivity contribution in [2.24, 2.45) is 0 Å².